The SMILES string of the molecule is C[C@H](OC(=O)CC(CC(=O)O)C(=O)O)[C@@H](C)OC(=O)CC(CC(=O)O)C(=O)O. The van der Waals surface area contributed by atoms with Crippen LogP contribution in [0.4, 0.5) is 0 Å². The molecule has 0 aliphatic rings. The van der Waals surface area contributed by atoms with E-state index in [2.05, 4.69) is 0 Å². The maximum atomic E-state index is 11.8. The van der Waals surface area contributed by atoms with E-state index in [9.17, 15) is 28.8 Å². The summed E-state index contributed by atoms with van der Waals surface area (Å²) >= 11 is 0. The first-order chi connectivity index (χ1) is 12.8. The van der Waals surface area contributed by atoms with Crippen LogP contribution in [0.1, 0.15) is 39.5 Å². The number of hydrogen-bond donors (Lipinski definition) is 4. The molecule has 2 unspecified atom stereocenters. The molecule has 4 N–H and O–H groups in total. The van der Waals surface area contributed by atoms with E-state index >= 15 is 0 Å². The quantitative estimate of drug-likeness (QED) is 0.298. The van der Waals surface area contributed by atoms with Gasteiger partial charge >= 0.3 is 35.8 Å². The first kappa shape index (κ1) is 24.8. The molecule has 158 valence electrons. The number of carbonyl (C=O) groups excluding carboxylic acids is 2. The van der Waals surface area contributed by atoms with E-state index in [1.807, 2.05) is 0 Å². The van der Waals surface area contributed by atoms with Crippen LogP contribution in [0, 0.1) is 11.8 Å². The Kier molecular flexibility index (Phi) is 10.2. The predicted molar refractivity (Wildman–Crippen MR) is 87.1 cm³/mol. The molecule has 28 heavy (non-hydrogen) atoms. The van der Waals surface area contributed by atoms with Crippen molar-refractivity contribution in [2.45, 2.75) is 51.7 Å². The van der Waals surface area contributed by atoms with Crippen LogP contribution in [0.2, 0.25) is 0 Å². The van der Waals surface area contributed by atoms with E-state index in [4.69, 9.17) is 29.9 Å². The van der Waals surface area contributed by atoms with Gasteiger partial charge in [0.25, 0.3) is 0 Å². The maximum Gasteiger partial charge on any atom is 0.307 e. The minimum atomic E-state index is -1.48. The Morgan fingerprint density at radius 2 is 0.893 bits per heavy atom. The molecule has 0 saturated carbocycles. The molecule has 0 saturated heterocycles. The summed E-state index contributed by atoms with van der Waals surface area (Å²) in [4.78, 5) is 66.6. The first-order valence-corrected chi connectivity index (χ1v) is 8.11. The lowest BCUT2D eigenvalue weighted by molar-refractivity contribution is -0.169. The van der Waals surface area contributed by atoms with Crippen LogP contribution in [0.3, 0.4) is 0 Å². The van der Waals surface area contributed by atoms with Crippen molar-refractivity contribution in [3.8, 4) is 0 Å². The van der Waals surface area contributed by atoms with Crippen LogP contribution in [0.25, 0.3) is 0 Å². The van der Waals surface area contributed by atoms with Crippen molar-refractivity contribution < 1.29 is 58.7 Å². The van der Waals surface area contributed by atoms with E-state index in [-0.39, 0.29) is 0 Å². The van der Waals surface area contributed by atoms with Gasteiger partial charge in [-0.1, -0.05) is 0 Å². The van der Waals surface area contributed by atoms with Gasteiger partial charge in [0, 0.05) is 0 Å². The average molecular weight is 406 g/mol. The number of carboxylic acid groups (broad SMARTS) is 4. The number of esters is 2. The number of rotatable bonds is 13. The van der Waals surface area contributed by atoms with E-state index in [1.165, 1.54) is 13.8 Å². The van der Waals surface area contributed by atoms with Gasteiger partial charge in [0.2, 0.25) is 0 Å². The van der Waals surface area contributed by atoms with Gasteiger partial charge < -0.3 is 29.9 Å². The molecule has 0 aromatic carbocycles. The molecule has 0 bridgehead atoms. The van der Waals surface area contributed by atoms with Gasteiger partial charge in [0.05, 0.1) is 37.5 Å². The second-order valence-corrected chi connectivity index (χ2v) is 6.06. The van der Waals surface area contributed by atoms with Gasteiger partial charge in [0.15, 0.2) is 0 Å². The van der Waals surface area contributed by atoms with E-state index in [0.29, 0.717) is 0 Å². The van der Waals surface area contributed by atoms with Crippen LogP contribution in [-0.2, 0) is 38.2 Å². The highest BCUT2D eigenvalue weighted by atomic mass is 16.6. The fourth-order valence-electron chi connectivity index (χ4n) is 2.02. The summed E-state index contributed by atoms with van der Waals surface area (Å²) in [5.41, 5.74) is 0. The highest BCUT2D eigenvalue weighted by Crippen LogP contribution is 2.15. The van der Waals surface area contributed by atoms with Crippen LogP contribution in [0.5, 0.6) is 0 Å². The Hall–Kier alpha value is -3.18. The minimum absolute atomic E-state index is 0.702. The molecule has 0 heterocycles. The molecule has 0 amide bonds. The molecular formula is C16H22O12. The Morgan fingerprint density at radius 1 is 0.607 bits per heavy atom. The highest BCUT2D eigenvalue weighted by molar-refractivity contribution is 5.83. The summed E-state index contributed by atoms with van der Waals surface area (Å²) in [5.74, 6) is -10.8. The minimum Gasteiger partial charge on any atom is -0.481 e. The van der Waals surface area contributed by atoms with Gasteiger partial charge in [-0.15, -0.1) is 0 Å². The summed E-state index contributed by atoms with van der Waals surface area (Å²) in [6, 6.07) is 0. The van der Waals surface area contributed by atoms with E-state index in [1.54, 1.807) is 0 Å². The number of carbonyl (C=O) groups is 6. The van der Waals surface area contributed by atoms with Gasteiger partial charge in [-0.2, -0.15) is 0 Å². The molecule has 0 rings (SSSR count). The monoisotopic (exact) mass is 406 g/mol. The zero-order valence-corrected chi connectivity index (χ0v) is 15.2. The molecule has 12 nitrogen and oxygen atoms in total. The van der Waals surface area contributed by atoms with E-state index < -0.39 is 85.5 Å². The number of ether oxygens (including phenoxy) is 2. The fourth-order valence-corrected chi connectivity index (χ4v) is 2.02. The Morgan fingerprint density at radius 3 is 1.11 bits per heavy atom. The molecule has 0 aliphatic heterocycles. The third kappa shape index (κ3) is 10.1. The molecule has 0 aromatic heterocycles. The van der Waals surface area contributed by atoms with Crippen LogP contribution < -0.4 is 0 Å². The topological polar surface area (TPSA) is 202 Å². The van der Waals surface area contributed by atoms with Gasteiger partial charge in [-0.05, 0) is 13.8 Å². The summed E-state index contributed by atoms with van der Waals surface area (Å²) < 4.78 is 9.82. The second-order valence-electron chi connectivity index (χ2n) is 6.06. The zero-order chi connectivity index (χ0) is 22.0. The standard InChI is InChI=1S/C16H22O12/c1-7(27-13(21)5-9(15(23)24)3-11(17)18)8(2)28-14(22)6-10(16(25)26)4-12(19)20/h7-10H,3-6H2,1-2H3,(H,17,18)(H,19,20)(H,23,24)(H,25,26)/t7-,8+,9?,10?. The molecule has 4 atom stereocenters. The largest absolute Gasteiger partial charge is 0.481 e. The summed E-state index contributed by atoms with van der Waals surface area (Å²) in [6.07, 6.45) is -5.04. The summed E-state index contributed by atoms with van der Waals surface area (Å²) in [7, 11) is 0. The summed E-state index contributed by atoms with van der Waals surface area (Å²) in [5, 5.41) is 35.0. The maximum absolute atomic E-state index is 11.8. The summed E-state index contributed by atoms with van der Waals surface area (Å²) in [6.45, 7) is 2.66. The second kappa shape index (κ2) is 11.5. The van der Waals surface area contributed by atoms with Crippen LogP contribution >= 0.6 is 0 Å². The molecule has 0 radical (unpaired) electrons. The highest BCUT2D eigenvalue weighted by Gasteiger charge is 2.29. The predicted octanol–water partition coefficient (Wildman–Crippen LogP) is -0.0190. The van der Waals surface area contributed by atoms with Crippen molar-refractivity contribution in [2.24, 2.45) is 11.8 Å². The Balaban J connectivity index is 4.65. The smallest absolute Gasteiger partial charge is 0.307 e. The first-order valence-electron chi connectivity index (χ1n) is 8.11. The average Bonchev–Trinajstić information content (AvgIpc) is 2.52. The number of carboxylic acids is 4. The van der Waals surface area contributed by atoms with E-state index in [0.717, 1.165) is 0 Å². The van der Waals surface area contributed by atoms with Crippen molar-refractivity contribution in [2.75, 3.05) is 0 Å². The number of hydrogen-bond acceptors (Lipinski definition) is 8. The van der Waals surface area contributed by atoms with Crippen LogP contribution in [0.15, 0.2) is 0 Å². The molecule has 0 aliphatic carbocycles. The third-order valence-electron chi connectivity index (χ3n) is 3.66. The lowest BCUT2D eigenvalue weighted by atomic mass is 10.0. The fraction of sp³-hybridized carbons (Fsp3) is 0.625. The lowest BCUT2D eigenvalue weighted by Gasteiger charge is -2.22. The molecule has 0 spiro atoms. The van der Waals surface area contributed by atoms with Crippen molar-refractivity contribution in [1.82, 2.24) is 0 Å². The Bertz CT molecular complexity index is 571. The normalized spacial score (nSPS) is 14.8. The van der Waals surface area contributed by atoms with Crippen molar-refractivity contribution >= 4 is 35.8 Å². The van der Waals surface area contributed by atoms with Crippen molar-refractivity contribution in [3.05, 3.63) is 0 Å². The Labute approximate surface area is 159 Å². The van der Waals surface area contributed by atoms with Crippen molar-refractivity contribution in [3.63, 3.8) is 0 Å². The molecule has 12 heteroatoms. The molecule has 0 fully saturated rings. The van der Waals surface area contributed by atoms with Gasteiger partial charge in [0.1, 0.15) is 12.2 Å². The zero-order valence-electron chi connectivity index (χ0n) is 15.2. The van der Waals surface area contributed by atoms with Crippen LogP contribution in [-0.4, -0.2) is 68.4 Å². The molecule has 0 aromatic rings. The molecular weight excluding hydrogens is 384 g/mol. The van der Waals surface area contributed by atoms with Crippen molar-refractivity contribution in [1.29, 1.82) is 0 Å². The van der Waals surface area contributed by atoms with Gasteiger partial charge in [-0.25, -0.2) is 0 Å². The lowest BCUT2D eigenvalue weighted by Crippen LogP contribution is -2.33. The number of aliphatic carboxylic acids is 4. The van der Waals surface area contributed by atoms with Gasteiger partial charge in [-0.3, -0.25) is 28.8 Å². The third-order valence-corrected chi connectivity index (χ3v) is 3.66.